The second kappa shape index (κ2) is 10.3. The Morgan fingerprint density at radius 2 is 2.00 bits per heavy atom. The van der Waals surface area contributed by atoms with Gasteiger partial charge in [0.1, 0.15) is 0 Å². The second-order valence-electron chi connectivity index (χ2n) is 1.37. The van der Waals surface area contributed by atoms with Crippen LogP contribution in [0.1, 0.15) is 19.8 Å². The third-order valence-electron chi connectivity index (χ3n) is 0.687. The summed E-state index contributed by atoms with van der Waals surface area (Å²) < 4.78 is 0. The monoisotopic (exact) mass is 106 g/mol. The number of rotatable bonds is 3. The number of allylic oxidation sites excluding steroid dienone is 1. The van der Waals surface area contributed by atoms with Crippen molar-refractivity contribution in [2.24, 2.45) is 0 Å². The molecule has 0 rings (SSSR count). The molecule has 0 aliphatic rings. The van der Waals surface area contributed by atoms with E-state index < -0.39 is 0 Å². The molecule has 0 aromatic heterocycles. The summed E-state index contributed by atoms with van der Waals surface area (Å²) >= 11 is 0. The van der Waals surface area contributed by atoms with Crippen molar-refractivity contribution in [2.75, 3.05) is 6.61 Å². The molecule has 0 aliphatic carbocycles. The van der Waals surface area contributed by atoms with E-state index in [9.17, 15) is 5.11 Å². The largest absolute Gasteiger partial charge is 1.00 e. The Kier molecular flexibility index (Phi) is 14.4. The molecular weight excluding hydrogens is 95.0 g/mol. The maximum absolute atomic E-state index is 9.75. The summed E-state index contributed by atoms with van der Waals surface area (Å²) in [4.78, 5) is 0. The molecule has 0 radical (unpaired) electrons. The summed E-state index contributed by atoms with van der Waals surface area (Å²) in [5.41, 5.74) is 0. The van der Waals surface area contributed by atoms with Crippen molar-refractivity contribution in [2.45, 2.75) is 19.8 Å². The van der Waals surface area contributed by atoms with Gasteiger partial charge in [0.15, 0.2) is 0 Å². The van der Waals surface area contributed by atoms with Crippen molar-refractivity contribution in [1.82, 2.24) is 0 Å². The van der Waals surface area contributed by atoms with Crippen molar-refractivity contribution >= 4 is 0 Å². The van der Waals surface area contributed by atoms with Gasteiger partial charge in [0, 0.05) is 0 Å². The molecule has 0 bridgehead atoms. The summed E-state index contributed by atoms with van der Waals surface area (Å²) in [7, 11) is 0. The molecule has 1 nitrogen and oxygen atoms in total. The van der Waals surface area contributed by atoms with Crippen LogP contribution in [-0.2, 0) is 0 Å². The molecule has 0 spiro atoms. The van der Waals surface area contributed by atoms with Crippen LogP contribution in [0.25, 0.3) is 0 Å². The van der Waals surface area contributed by atoms with Crippen LogP contribution in [-0.4, -0.2) is 6.61 Å². The van der Waals surface area contributed by atoms with Gasteiger partial charge in [-0.15, -0.1) is 6.61 Å². The van der Waals surface area contributed by atoms with E-state index in [-0.39, 0.29) is 25.5 Å². The first-order chi connectivity index (χ1) is 3.41. The van der Waals surface area contributed by atoms with Crippen molar-refractivity contribution in [3.63, 3.8) is 0 Å². The van der Waals surface area contributed by atoms with Gasteiger partial charge < -0.3 is 5.11 Å². The fraction of sp³-hybridized carbons (Fsp3) is 0.667. The standard InChI is InChI=1S/C6H11O.Li/c1-2-3-4-5-6-7;/h3-4H,2,5-6H2,1H3;/q-1;+1/b4-3+;. The topological polar surface area (TPSA) is 23.1 Å². The van der Waals surface area contributed by atoms with Gasteiger partial charge in [0.05, 0.1) is 0 Å². The average molecular weight is 106 g/mol. The quantitative estimate of drug-likeness (QED) is 0.293. The normalized spacial score (nSPS) is 9.25. The first-order valence-electron chi connectivity index (χ1n) is 2.65. The summed E-state index contributed by atoms with van der Waals surface area (Å²) in [5, 5.41) is 9.75. The first kappa shape index (κ1) is 11.1. The molecule has 0 saturated heterocycles. The smallest absolute Gasteiger partial charge is 0.854 e. The Labute approximate surface area is 63.0 Å². The average Bonchev–Trinajstić information content (AvgIpc) is 1.69. The fourth-order valence-electron chi connectivity index (χ4n) is 0.353. The summed E-state index contributed by atoms with van der Waals surface area (Å²) in [6, 6.07) is 0. The molecule has 0 atom stereocenters. The Hall–Kier alpha value is 0.297. The maximum Gasteiger partial charge on any atom is 1.00 e. The first-order valence-corrected chi connectivity index (χ1v) is 2.65. The van der Waals surface area contributed by atoms with E-state index >= 15 is 0 Å². The molecule has 0 aliphatic heterocycles. The van der Waals surface area contributed by atoms with E-state index in [2.05, 4.69) is 6.92 Å². The zero-order valence-corrected chi connectivity index (χ0v) is 5.68. The molecule has 0 amide bonds. The Morgan fingerprint density at radius 3 is 2.38 bits per heavy atom. The van der Waals surface area contributed by atoms with Crippen LogP contribution in [0.5, 0.6) is 0 Å². The zero-order chi connectivity index (χ0) is 5.54. The van der Waals surface area contributed by atoms with E-state index in [0.29, 0.717) is 6.42 Å². The van der Waals surface area contributed by atoms with E-state index in [1.54, 1.807) is 0 Å². The number of hydrogen-bond donors (Lipinski definition) is 0. The van der Waals surface area contributed by atoms with Crippen molar-refractivity contribution < 1.29 is 24.0 Å². The molecule has 8 heavy (non-hydrogen) atoms. The van der Waals surface area contributed by atoms with E-state index in [0.717, 1.165) is 6.42 Å². The molecule has 42 valence electrons. The van der Waals surface area contributed by atoms with Gasteiger partial charge in [-0.05, 0) is 6.42 Å². The fourth-order valence-corrected chi connectivity index (χ4v) is 0.353. The number of hydrogen-bond acceptors (Lipinski definition) is 1. The molecular formula is C6H11LiO. The van der Waals surface area contributed by atoms with Gasteiger partial charge in [-0.1, -0.05) is 25.5 Å². The zero-order valence-electron chi connectivity index (χ0n) is 5.68. The summed E-state index contributed by atoms with van der Waals surface area (Å²) in [6.45, 7) is 2.08. The molecule has 0 unspecified atom stereocenters. The predicted molar refractivity (Wildman–Crippen MR) is 28.9 cm³/mol. The molecule has 0 aromatic rings. The summed E-state index contributed by atoms with van der Waals surface area (Å²) in [6.07, 6.45) is 5.67. The molecule has 0 aromatic carbocycles. The Morgan fingerprint density at radius 1 is 1.38 bits per heavy atom. The molecule has 0 heterocycles. The van der Waals surface area contributed by atoms with Crippen LogP contribution in [0.15, 0.2) is 12.2 Å². The van der Waals surface area contributed by atoms with Gasteiger partial charge in [-0.25, -0.2) is 0 Å². The third-order valence-corrected chi connectivity index (χ3v) is 0.687. The van der Waals surface area contributed by atoms with Crippen LogP contribution in [0, 0.1) is 0 Å². The van der Waals surface area contributed by atoms with Crippen LogP contribution >= 0.6 is 0 Å². The predicted octanol–water partition coefficient (Wildman–Crippen LogP) is -2.29. The Bertz CT molecular complexity index is 52.5. The van der Waals surface area contributed by atoms with Crippen LogP contribution in [0.4, 0.5) is 0 Å². The minimum Gasteiger partial charge on any atom is -0.854 e. The summed E-state index contributed by atoms with van der Waals surface area (Å²) in [5.74, 6) is 0. The molecule has 0 fully saturated rings. The van der Waals surface area contributed by atoms with Crippen molar-refractivity contribution in [3.8, 4) is 0 Å². The van der Waals surface area contributed by atoms with Crippen LogP contribution in [0.2, 0.25) is 0 Å². The van der Waals surface area contributed by atoms with E-state index in [1.165, 1.54) is 0 Å². The van der Waals surface area contributed by atoms with Gasteiger partial charge in [0.25, 0.3) is 0 Å². The van der Waals surface area contributed by atoms with Crippen molar-refractivity contribution in [1.29, 1.82) is 0 Å². The van der Waals surface area contributed by atoms with Gasteiger partial charge in [0.2, 0.25) is 0 Å². The second-order valence-corrected chi connectivity index (χ2v) is 1.37. The van der Waals surface area contributed by atoms with Gasteiger partial charge in [-0.3, -0.25) is 0 Å². The van der Waals surface area contributed by atoms with Crippen LogP contribution < -0.4 is 24.0 Å². The third kappa shape index (κ3) is 9.57. The Balaban J connectivity index is 0. The van der Waals surface area contributed by atoms with E-state index in [4.69, 9.17) is 0 Å². The van der Waals surface area contributed by atoms with Gasteiger partial charge in [-0.2, -0.15) is 0 Å². The molecule has 0 saturated carbocycles. The van der Waals surface area contributed by atoms with Crippen molar-refractivity contribution in [3.05, 3.63) is 12.2 Å². The SMILES string of the molecule is CC/C=C/CC[O-].[Li+]. The minimum absolute atomic E-state index is 0. The van der Waals surface area contributed by atoms with Crippen LogP contribution in [0.3, 0.4) is 0 Å². The molecule has 0 N–H and O–H groups in total. The van der Waals surface area contributed by atoms with Gasteiger partial charge >= 0.3 is 18.9 Å². The minimum atomic E-state index is 0. The van der Waals surface area contributed by atoms with E-state index in [1.807, 2.05) is 12.2 Å². The molecule has 2 heteroatoms. The maximum atomic E-state index is 9.75.